The van der Waals surface area contributed by atoms with Gasteiger partial charge in [0, 0.05) is 13.1 Å². The summed E-state index contributed by atoms with van der Waals surface area (Å²) in [4.78, 5) is 25.0. The van der Waals surface area contributed by atoms with E-state index in [1.165, 1.54) is 0 Å². The molecule has 0 radical (unpaired) electrons. The summed E-state index contributed by atoms with van der Waals surface area (Å²) >= 11 is 0. The average Bonchev–Trinajstić information content (AvgIpc) is 2.26. The first-order chi connectivity index (χ1) is 7.73. The fourth-order valence-corrected chi connectivity index (χ4v) is 1.98. The molecule has 2 amide bonds. The van der Waals surface area contributed by atoms with Crippen molar-refractivity contribution in [1.82, 2.24) is 4.90 Å². The number of piperidine rings is 1. The monoisotopic (exact) mass is 277 g/mol. The zero-order valence-electron chi connectivity index (χ0n) is 11.3. The highest BCUT2D eigenvalue weighted by Crippen LogP contribution is 2.22. The van der Waals surface area contributed by atoms with Crippen molar-refractivity contribution in [3.63, 3.8) is 0 Å². The lowest BCUT2D eigenvalue weighted by atomic mass is 9.85. The molecule has 0 aromatic heterocycles. The predicted octanol–water partition coefficient (Wildman–Crippen LogP) is 0.506. The Hall–Kier alpha value is -0.810. The molecule has 1 heterocycles. The summed E-state index contributed by atoms with van der Waals surface area (Å²) in [5.74, 6) is -0.629. The average molecular weight is 278 g/mol. The van der Waals surface area contributed by atoms with Gasteiger partial charge in [-0.3, -0.25) is 9.59 Å². The minimum Gasteiger partial charge on any atom is -0.369 e. The van der Waals surface area contributed by atoms with Gasteiger partial charge in [-0.2, -0.15) is 0 Å². The number of carbonyl (C=O) groups excluding carboxylic acids is 2. The molecular weight excluding hydrogens is 254 g/mol. The Labute approximate surface area is 115 Å². The van der Waals surface area contributed by atoms with E-state index >= 15 is 0 Å². The first-order valence-corrected chi connectivity index (χ1v) is 6.07. The summed E-state index contributed by atoms with van der Waals surface area (Å²) in [6, 6.07) is -0.533. The van der Waals surface area contributed by atoms with E-state index in [1.807, 2.05) is 20.8 Å². The van der Waals surface area contributed by atoms with E-state index in [1.54, 1.807) is 4.90 Å². The van der Waals surface area contributed by atoms with Gasteiger partial charge in [-0.25, -0.2) is 0 Å². The third kappa shape index (κ3) is 4.14. The van der Waals surface area contributed by atoms with E-state index in [4.69, 9.17) is 11.5 Å². The first kappa shape index (κ1) is 17.2. The molecule has 0 bridgehead atoms. The van der Waals surface area contributed by atoms with Crippen molar-refractivity contribution in [2.75, 3.05) is 13.1 Å². The van der Waals surface area contributed by atoms with Gasteiger partial charge in [-0.05, 0) is 18.3 Å². The molecule has 1 saturated heterocycles. The third-order valence-corrected chi connectivity index (χ3v) is 3.33. The van der Waals surface area contributed by atoms with Crippen molar-refractivity contribution in [3.8, 4) is 0 Å². The normalized spacial score (nSPS) is 22.0. The second kappa shape index (κ2) is 6.38. The van der Waals surface area contributed by atoms with Crippen LogP contribution in [-0.4, -0.2) is 35.8 Å². The Morgan fingerprint density at radius 3 is 2.33 bits per heavy atom. The summed E-state index contributed by atoms with van der Waals surface area (Å²) in [6.45, 7) is 6.89. The lowest BCUT2D eigenvalue weighted by molar-refractivity contribution is -0.138. The Bertz CT molecular complexity index is 315. The van der Waals surface area contributed by atoms with Crippen LogP contribution in [0.5, 0.6) is 0 Å². The van der Waals surface area contributed by atoms with E-state index in [9.17, 15) is 9.59 Å². The summed E-state index contributed by atoms with van der Waals surface area (Å²) in [5, 5.41) is 0. The van der Waals surface area contributed by atoms with Crippen LogP contribution in [0.1, 0.15) is 33.6 Å². The standard InChI is InChI=1S/C12H23N3O2.ClH/c1-12(2,3)9(13)11(17)15-6-4-5-8(7-15)10(14)16;/h8-9H,4-7,13H2,1-3H3,(H2,14,16);1H/t8?,9-;/m1./s1. The molecule has 1 rings (SSSR count). The van der Waals surface area contributed by atoms with Gasteiger partial charge in [0.2, 0.25) is 11.8 Å². The number of nitrogens with two attached hydrogens (primary N) is 2. The molecular formula is C12H24ClN3O2. The maximum Gasteiger partial charge on any atom is 0.240 e. The van der Waals surface area contributed by atoms with Crippen LogP contribution in [-0.2, 0) is 9.59 Å². The van der Waals surface area contributed by atoms with E-state index in [-0.39, 0.29) is 35.6 Å². The molecule has 5 nitrogen and oxygen atoms in total. The van der Waals surface area contributed by atoms with Crippen LogP contribution in [0.4, 0.5) is 0 Å². The van der Waals surface area contributed by atoms with Crippen molar-refractivity contribution in [1.29, 1.82) is 0 Å². The van der Waals surface area contributed by atoms with Crippen LogP contribution in [0.15, 0.2) is 0 Å². The van der Waals surface area contributed by atoms with E-state index in [0.29, 0.717) is 13.1 Å². The molecule has 6 heteroatoms. The molecule has 1 aliphatic heterocycles. The number of hydrogen-bond donors (Lipinski definition) is 2. The third-order valence-electron chi connectivity index (χ3n) is 3.33. The number of carbonyl (C=O) groups is 2. The molecule has 0 aromatic carbocycles. The zero-order valence-corrected chi connectivity index (χ0v) is 12.1. The van der Waals surface area contributed by atoms with Crippen LogP contribution in [0.3, 0.4) is 0 Å². The number of amides is 2. The van der Waals surface area contributed by atoms with Crippen LogP contribution < -0.4 is 11.5 Å². The maximum absolute atomic E-state index is 12.2. The maximum atomic E-state index is 12.2. The first-order valence-electron chi connectivity index (χ1n) is 6.07. The Morgan fingerprint density at radius 1 is 1.33 bits per heavy atom. The largest absolute Gasteiger partial charge is 0.369 e. The van der Waals surface area contributed by atoms with Crippen molar-refractivity contribution in [2.45, 2.75) is 39.7 Å². The summed E-state index contributed by atoms with van der Waals surface area (Å²) < 4.78 is 0. The summed E-state index contributed by atoms with van der Waals surface area (Å²) in [7, 11) is 0. The van der Waals surface area contributed by atoms with Gasteiger partial charge in [0.25, 0.3) is 0 Å². The molecule has 0 aliphatic carbocycles. The van der Waals surface area contributed by atoms with Gasteiger partial charge in [0.05, 0.1) is 12.0 Å². The molecule has 2 atom stereocenters. The molecule has 4 N–H and O–H groups in total. The van der Waals surface area contributed by atoms with Gasteiger partial charge >= 0.3 is 0 Å². The Balaban J connectivity index is 0.00000289. The van der Waals surface area contributed by atoms with Crippen LogP contribution in [0.25, 0.3) is 0 Å². The van der Waals surface area contributed by atoms with Crippen LogP contribution in [0, 0.1) is 11.3 Å². The fraction of sp³-hybridized carbons (Fsp3) is 0.833. The van der Waals surface area contributed by atoms with Crippen LogP contribution >= 0.6 is 12.4 Å². The minimum atomic E-state index is -0.533. The van der Waals surface area contributed by atoms with Crippen molar-refractivity contribution in [3.05, 3.63) is 0 Å². The van der Waals surface area contributed by atoms with E-state index in [0.717, 1.165) is 12.8 Å². The molecule has 1 aliphatic rings. The van der Waals surface area contributed by atoms with Crippen LogP contribution in [0.2, 0.25) is 0 Å². The highest BCUT2D eigenvalue weighted by molar-refractivity contribution is 5.85. The van der Waals surface area contributed by atoms with Gasteiger partial charge in [-0.1, -0.05) is 20.8 Å². The predicted molar refractivity (Wildman–Crippen MR) is 73.2 cm³/mol. The van der Waals surface area contributed by atoms with Crippen molar-refractivity contribution < 1.29 is 9.59 Å². The minimum absolute atomic E-state index is 0. The second-order valence-corrected chi connectivity index (χ2v) is 5.87. The van der Waals surface area contributed by atoms with E-state index < -0.39 is 6.04 Å². The number of nitrogens with zero attached hydrogens (tertiary/aromatic N) is 1. The number of halogens is 1. The van der Waals surface area contributed by atoms with Gasteiger partial charge < -0.3 is 16.4 Å². The highest BCUT2D eigenvalue weighted by atomic mass is 35.5. The number of likely N-dealkylation sites (tertiary alicyclic amines) is 1. The fourth-order valence-electron chi connectivity index (χ4n) is 1.98. The molecule has 18 heavy (non-hydrogen) atoms. The Morgan fingerprint density at radius 2 is 1.89 bits per heavy atom. The van der Waals surface area contributed by atoms with E-state index in [2.05, 4.69) is 0 Å². The smallest absolute Gasteiger partial charge is 0.240 e. The summed E-state index contributed by atoms with van der Waals surface area (Å²) in [6.07, 6.45) is 1.58. The lowest BCUT2D eigenvalue weighted by Crippen LogP contribution is -2.54. The topological polar surface area (TPSA) is 89.4 Å². The molecule has 1 fully saturated rings. The molecule has 0 aromatic rings. The molecule has 0 saturated carbocycles. The Kier molecular flexibility index (Phi) is 6.10. The number of hydrogen-bond acceptors (Lipinski definition) is 3. The van der Waals surface area contributed by atoms with Crippen molar-refractivity contribution in [2.24, 2.45) is 22.8 Å². The van der Waals surface area contributed by atoms with Gasteiger partial charge in [-0.15, -0.1) is 12.4 Å². The quantitative estimate of drug-likeness (QED) is 0.770. The number of primary amides is 1. The molecule has 1 unspecified atom stereocenters. The zero-order chi connectivity index (χ0) is 13.2. The van der Waals surface area contributed by atoms with Gasteiger partial charge in [0.15, 0.2) is 0 Å². The van der Waals surface area contributed by atoms with Crippen molar-refractivity contribution >= 4 is 24.2 Å². The number of rotatable bonds is 2. The SMILES string of the molecule is CC(C)(C)[C@H](N)C(=O)N1CCCC(C(N)=O)C1.Cl. The molecule has 106 valence electrons. The summed E-state index contributed by atoms with van der Waals surface area (Å²) in [5.41, 5.74) is 11.0. The highest BCUT2D eigenvalue weighted by Gasteiger charge is 2.34. The lowest BCUT2D eigenvalue weighted by Gasteiger charge is -2.36. The molecule has 0 spiro atoms. The second-order valence-electron chi connectivity index (χ2n) is 5.87. The van der Waals surface area contributed by atoms with Gasteiger partial charge in [0.1, 0.15) is 0 Å².